The summed E-state index contributed by atoms with van der Waals surface area (Å²) in [5.41, 5.74) is -1.26. The normalized spacial score (nSPS) is 12.1. The molecule has 0 aromatic carbocycles. The van der Waals surface area contributed by atoms with Crippen LogP contribution in [0.1, 0.15) is 41.0 Å². The predicted octanol–water partition coefficient (Wildman–Crippen LogP) is 2.73. The van der Waals surface area contributed by atoms with Gasteiger partial charge in [0, 0.05) is 5.88 Å². The molecule has 0 aliphatic rings. The van der Waals surface area contributed by atoms with Gasteiger partial charge in [0.05, 0.1) is 10.8 Å². The van der Waals surface area contributed by atoms with Gasteiger partial charge in [0.15, 0.2) is 0 Å². The summed E-state index contributed by atoms with van der Waals surface area (Å²) in [5, 5.41) is 0. The van der Waals surface area contributed by atoms with Crippen LogP contribution in [0.4, 0.5) is 0 Å². The highest BCUT2D eigenvalue weighted by Crippen LogP contribution is 2.23. The maximum absolute atomic E-state index is 11.6. The minimum absolute atomic E-state index is 0.347. The lowest BCUT2D eigenvalue weighted by atomic mass is 9.91. The van der Waals surface area contributed by atoms with Crippen molar-refractivity contribution in [3.05, 3.63) is 0 Å². The third-order valence-electron chi connectivity index (χ3n) is 2.26. The zero-order valence-corrected chi connectivity index (χ0v) is 11.9. The van der Waals surface area contributed by atoms with Crippen LogP contribution in [0.25, 0.3) is 0 Å². The standard InChI is InChI=1S/C12H21ClO4/c1-11(2,3)9(14)16-8-17-10(15)12(4,5)6-7-13/h6-8H2,1-5H3. The summed E-state index contributed by atoms with van der Waals surface area (Å²) in [7, 11) is 0. The molecule has 4 nitrogen and oxygen atoms in total. The van der Waals surface area contributed by atoms with Crippen molar-refractivity contribution < 1.29 is 19.1 Å². The van der Waals surface area contributed by atoms with Gasteiger partial charge in [-0.25, -0.2) is 0 Å². The lowest BCUT2D eigenvalue weighted by Gasteiger charge is -2.22. The largest absolute Gasteiger partial charge is 0.427 e. The van der Waals surface area contributed by atoms with Gasteiger partial charge in [-0.3, -0.25) is 9.59 Å². The first kappa shape index (κ1) is 16.2. The Labute approximate surface area is 108 Å². The van der Waals surface area contributed by atoms with Crippen molar-refractivity contribution in [2.24, 2.45) is 10.8 Å². The van der Waals surface area contributed by atoms with Crippen LogP contribution in [0.3, 0.4) is 0 Å². The Balaban J connectivity index is 4.06. The molecule has 0 atom stereocenters. The number of esters is 2. The first-order valence-electron chi connectivity index (χ1n) is 5.51. The molecule has 100 valence electrons. The van der Waals surface area contributed by atoms with Crippen LogP contribution in [-0.4, -0.2) is 24.6 Å². The molecule has 0 bridgehead atoms. The summed E-state index contributed by atoms with van der Waals surface area (Å²) < 4.78 is 9.72. The summed E-state index contributed by atoms with van der Waals surface area (Å²) >= 11 is 5.58. The average Bonchev–Trinajstić information content (AvgIpc) is 2.15. The summed E-state index contributed by atoms with van der Waals surface area (Å²) in [6.07, 6.45) is 0.514. The zero-order valence-electron chi connectivity index (χ0n) is 11.1. The number of halogens is 1. The van der Waals surface area contributed by atoms with E-state index in [0.717, 1.165) is 0 Å². The number of hydrogen-bond acceptors (Lipinski definition) is 4. The van der Waals surface area contributed by atoms with Crippen molar-refractivity contribution in [2.45, 2.75) is 41.0 Å². The maximum Gasteiger partial charge on any atom is 0.314 e. The molecule has 0 saturated carbocycles. The van der Waals surface area contributed by atoms with E-state index >= 15 is 0 Å². The van der Waals surface area contributed by atoms with E-state index in [2.05, 4.69) is 0 Å². The molecule has 0 aliphatic heterocycles. The van der Waals surface area contributed by atoms with E-state index in [0.29, 0.717) is 12.3 Å². The topological polar surface area (TPSA) is 52.6 Å². The van der Waals surface area contributed by atoms with E-state index in [1.807, 2.05) is 0 Å². The van der Waals surface area contributed by atoms with Gasteiger partial charge in [-0.1, -0.05) is 0 Å². The summed E-state index contributed by atoms with van der Waals surface area (Å²) in [5.74, 6) is -0.440. The Morgan fingerprint density at radius 2 is 1.47 bits per heavy atom. The van der Waals surface area contributed by atoms with Crippen molar-refractivity contribution in [3.63, 3.8) is 0 Å². The number of rotatable bonds is 5. The maximum atomic E-state index is 11.6. The minimum Gasteiger partial charge on any atom is -0.427 e. The number of carbonyl (C=O) groups is 2. The lowest BCUT2D eigenvalue weighted by molar-refractivity contribution is -0.178. The molecule has 0 spiro atoms. The number of ether oxygens (including phenoxy) is 2. The fourth-order valence-corrected chi connectivity index (χ4v) is 1.36. The highest BCUT2D eigenvalue weighted by Gasteiger charge is 2.29. The van der Waals surface area contributed by atoms with E-state index in [1.54, 1.807) is 34.6 Å². The van der Waals surface area contributed by atoms with E-state index in [1.165, 1.54) is 0 Å². The molecule has 0 amide bonds. The fraction of sp³-hybridized carbons (Fsp3) is 0.833. The van der Waals surface area contributed by atoms with Crippen LogP contribution in [0, 0.1) is 10.8 Å². The zero-order chi connectivity index (χ0) is 13.7. The van der Waals surface area contributed by atoms with Crippen LogP contribution in [0.2, 0.25) is 0 Å². The third kappa shape index (κ3) is 5.91. The molecule has 0 unspecified atom stereocenters. The van der Waals surface area contributed by atoms with Crippen LogP contribution >= 0.6 is 11.6 Å². The van der Waals surface area contributed by atoms with Crippen molar-refractivity contribution in [1.29, 1.82) is 0 Å². The molecular formula is C12H21ClO4. The van der Waals surface area contributed by atoms with Crippen molar-refractivity contribution in [2.75, 3.05) is 12.7 Å². The molecule has 0 rings (SSSR count). The van der Waals surface area contributed by atoms with E-state index in [-0.39, 0.29) is 6.79 Å². The third-order valence-corrected chi connectivity index (χ3v) is 2.45. The van der Waals surface area contributed by atoms with Crippen molar-refractivity contribution >= 4 is 23.5 Å². The van der Waals surface area contributed by atoms with Gasteiger partial charge >= 0.3 is 11.9 Å². The molecule has 0 aromatic heterocycles. The number of alkyl halides is 1. The van der Waals surface area contributed by atoms with Crippen LogP contribution in [0.5, 0.6) is 0 Å². The second-order valence-electron chi connectivity index (χ2n) is 5.55. The molecule has 0 aromatic rings. The quantitative estimate of drug-likeness (QED) is 0.435. The molecule has 17 heavy (non-hydrogen) atoms. The van der Waals surface area contributed by atoms with E-state index in [9.17, 15) is 9.59 Å². The van der Waals surface area contributed by atoms with Crippen molar-refractivity contribution in [3.8, 4) is 0 Å². The van der Waals surface area contributed by atoms with E-state index in [4.69, 9.17) is 21.1 Å². The monoisotopic (exact) mass is 264 g/mol. The Hall–Kier alpha value is -0.770. The molecule has 5 heteroatoms. The second kappa shape index (κ2) is 6.24. The van der Waals surface area contributed by atoms with Crippen LogP contribution in [-0.2, 0) is 19.1 Å². The highest BCUT2D eigenvalue weighted by molar-refractivity contribution is 6.18. The second-order valence-corrected chi connectivity index (χ2v) is 5.93. The molecule has 0 heterocycles. The van der Waals surface area contributed by atoms with Gasteiger partial charge in [-0.05, 0) is 41.0 Å². The molecular weight excluding hydrogens is 244 g/mol. The fourth-order valence-electron chi connectivity index (χ4n) is 0.887. The first-order chi connectivity index (χ1) is 7.61. The Morgan fingerprint density at radius 1 is 1.00 bits per heavy atom. The summed E-state index contributed by atoms with van der Waals surface area (Å²) in [6, 6.07) is 0. The molecule has 0 saturated heterocycles. The van der Waals surface area contributed by atoms with E-state index < -0.39 is 22.8 Å². The molecule has 0 fully saturated rings. The minimum atomic E-state index is -0.657. The van der Waals surface area contributed by atoms with Gasteiger partial charge in [-0.15, -0.1) is 11.6 Å². The molecule has 0 radical (unpaired) electrons. The van der Waals surface area contributed by atoms with Gasteiger partial charge in [0.25, 0.3) is 0 Å². The number of hydrogen-bond donors (Lipinski definition) is 0. The Bertz CT molecular complexity index is 279. The molecule has 0 N–H and O–H groups in total. The molecule has 0 aliphatic carbocycles. The van der Waals surface area contributed by atoms with Gasteiger partial charge < -0.3 is 9.47 Å². The summed E-state index contributed by atoms with van der Waals surface area (Å²) in [4.78, 5) is 23.0. The highest BCUT2D eigenvalue weighted by atomic mass is 35.5. The average molecular weight is 265 g/mol. The Morgan fingerprint density at radius 3 is 1.88 bits per heavy atom. The predicted molar refractivity (Wildman–Crippen MR) is 65.6 cm³/mol. The van der Waals surface area contributed by atoms with Crippen LogP contribution in [0.15, 0.2) is 0 Å². The van der Waals surface area contributed by atoms with Gasteiger partial charge in [0.1, 0.15) is 0 Å². The van der Waals surface area contributed by atoms with Crippen LogP contribution < -0.4 is 0 Å². The Kier molecular flexibility index (Phi) is 5.96. The van der Waals surface area contributed by atoms with Crippen molar-refractivity contribution in [1.82, 2.24) is 0 Å². The lowest BCUT2D eigenvalue weighted by Crippen LogP contribution is -2.30. The first-order valence-corrected chi connectivity index (χ1v) is 6.05. The number of carbonyl (C=O) groups excluding carboxylic acids is 2. The van der Waals surface area contributed by atoms with Gasteiger partial charge in [0.2, 0.25) is 6.79 Å². The van der Waals surface area contributed by atoms with Gasteiger partial charge in [-0.2, -0.15) is 0 Å². The summed E-state index contributed by atoms with van der Waals surface area (Å²) in [6.45, 7) is 8.32. The SMILES string of the molecule is CC(C)(C)C(=O)OCOC(=O)C(C)(C)CCCl. The smallest absolute Gasteiger partial charge is 0.314 e.